The second-order valence-corrected chi connectivity index (χ2v) is 6.94. The maximum absolute atomic E-state index is 12.5. The molecule has 0 atom stereocenters. The number of anilines is 1. The zero-order valence-corrected chi connectivity index (χ0v) is 15.0. The molecule has 1 aromatic heterocycles. The smallest absolute Gasteiger partial charge is 0.413 e. The number of hydrogen-bond donors (Lipinski definition) is 1. The molecule has 124 valence electrons. The van der Waals surface area contributed by atoms with Crippen LogP contribution in [-0.2, 0) is 4.74 Å². The number of nitrogens with one attached hydrogen (secondary N) is 1. The Labute approximate surface area is 135 Å². The Morgan fingerprint density at radius 2 is 1.95 bits per heavy atom. The van der Waals surface area contributed by atoms with Gasteiger partial charge in [0.15, 0.2) is 5.13 Å². The maximum atomic E-state index is 12.5. The highest BCUT2D eigenvalue weighted by atomic mass is 32.1. The second kappa shape index (κ2) is 7.58. The largest absolute Gasteiger partial charge is 0.444 e. The summed E-state index contributed by atoms with van der Waals surface area (Å²) >= 11 is 1.18. The van der Waals surface area contributed by atoms with Gasteiger partial charge in [0, 0.05) is 13.1 Å². The van der Waals surface area contributed by atoms with Crippen molar-refractivity contribution < 1.29 is 14.3 Å². The molecule has 0 radical (unpaired) electrons. The van der Waals surface area contributed by atoms with E-state index in [0.717, 1.165) is 6.42 Å². The van der Waals surface area contributed by atoms with E-state index >= 15 is 0 Å². The second-order valence-electron chi connectivity index (χ2n) is 5.95. The van der Waals surface area contributed by atoms with Gasteiger partial charge >= 0.3 is 6.09 Å². The molecule has 0 fully saturated rings. The molecular formula is C15H25N3O3S. The summed E-state index contributed by atoms with van der Waals surface area (Å²) in [7, 11) is 0. The zero-order chi connectivity index (χ0) is 16.9. The fourth-order valence-electron chi connectivity index (χ4n) is 1.86. The molecule has 0 aromatic carbocycles. The van der Waals surface area contributed by atoms with E-state index < -0.39 is 11.7 Å². The van der Waals surface area contributed by atoms with Gasteiger partial charge in [0.2, 0.25) is 0 Å². The van der Waals surface area contributed by atoms with Crippen molar-refractivity contribution in [3.05, 3.63) is 10.6 Å². The quantitative estimate of drug-likeness (QED) is 0.895. The van der Waals surface area contributed by atoms with Crippen LogP contribution >= 0.6 is 11.3 Å². The van der Waals surface area contributed by atoms with Crippen LogP contribution in [0.3, 0.4) is 0 Å². The van der Waals surface area contributed by atoms with E-state index in [9.17, 15) is 9.59 Å². The molecule has 0 unspecified atom stereocenters. The SMILES string of the molecule is CCCN(CC)C(=O)c1sc(NC(=O)OC(C)(C)C)nc1C. The number of nitrogens with zero attached hydrogens (tertiary/aromatic N) is 2. The predicted octanol–water partition coefficient (Wildman–Crippen LogP) is 3.67. The molecule has 1 rings (SSSR count). The van der Waals surface area contributed by atoms with Crippen LogP contribution in [0.2, 0.25) is 0 Å². The van der Waals surface area contributed by atoms with Crippen molar-refractivity contribution >= 4 is 28.5 Å². The van der Waals surface area contributed by atoms with E-state index in [2.05, 4.69) is 10.3 Å². The molecule has 22 heavy (non-hydrogen) atoms. The molecule has 1 aromatic rings. The number of carbonyl (C=O) groups is 2. The topological polar surface area (TPSA) is 71.5 Å². The molecule has 0 aliphatic rings. The fraction of sp³-hybridized carbons (Fsp3) is 0.667. The molecule has 1 N–H and O–H groups in total. The summed E-state index contributed by atoms with van der Waals surface area (Å²) in [5, 5.41) is 2.96. The van der Waals surface area contributed by atoms with Gasteiger partial charge in [-0.2, -0.15) is 0 Å². The number of hydrogen-bond acceptors (Lipinski definition) is 5. The van der Waals surface area contributed by atoms with Crippen LogP contribution in [0.25, 0.3) is 0 Å². The van der Waals surface area contributed by atoms with Crippen molar-refractivity contribution in [2.45, 2.75) is 53.6 Å². The van der Waals surface area contributed by atoms with Crippen molar-refractivity contribution in [3.63, 3.8) is 0 Å². The van der Waals surface area contributed by atoms with Crippen LogP contribution in [0.4, 0.5) is 9.93 Å². The number of aryl methyl sites for hydroxylation is 1. The molecule has 7 heteroatoms. The van der Waals surface area contributed by atoms with E-state index in [1.807, 2.05) is 13.8 Å². The van der Waals surface area contributed by atoms with Crippen molar-refractivity contribution in [1.29, 1.82) is 0 Å². The first kappa shape index (κ1) is 18.4. The normalized spacial score (nSPS) is 11.2. The lowest BCUT2D eigenvalue weighted by atomic mass is 10.2. The van der Waals surface area contributed by atoms with Gasteiger partial charge in [-0.25, -0.2) is 9.78 Å². The molecule has 0 aliphatic carbocycles. The lowest BCUT2D eigenvalue weighted by molar-refractivity contribution is 0.0635. The van der Waals surface area contributed by atoms with Crippen molar-refractivity contribution in [2.24, 2.45) is 0 Å². The Kier molecular flexibility index (Phi) is 6.34. The van der Waals surface area contributed by atoms with Crippen LogP contribution in [0.1, 0.15) is 56.4 Å². The fourth-order valence-corrected chi connectivity index (χ4v) is 2.78. The molecule has 1 heterocycles. The van der Waals surface area contributed by atoms with Gasteiger partial charge in [-0.15, -0.1) is 0 Å². The summed E-state index contributed by atoms with van der Waals surface area (Å²) in [6.07, 6.45) is 0.335. The molecule has 2 amide bonds. The van der Waals surface area contributed by atoms with E-state index in [-0.39, 0.29) is 5.91 Å². The maximum Gasteiger partial charge on any atom is 0.413 e. The monoisotopic (exact) mass is 327 g/mol. The highest BCUT2D eigenvalue weighted by molar-refractivity contribution is 7.17. The molecule has 0 saturated heterocycles. The van der Waals surface area contributed by atoms with Gasteiger partial charge in [0.25, 0.3) is 5.91 Å². The van der Waals surface area contributed by atoms with Crippen molar-refractivity contribution in [2.75, 3.05) is 18.4 Å². The third kappa shape index (κ3) is 5.29. The first-order chi connectivity index (χ1) is 10.2. The molecule has 0 saturated carbocycles. The average molecular weight is 327 g/mol. The number of thiazole rings is 1. The Bertz CT molecular complexity index is 535. The van der Waals surface area contributed by atoms with Crippen LogP contribution < -0.4 is 5.32 Å². The van der Waals surface area contributed by atoms with Gasteiger partial charge < -0.3 is 9.64 Å². The lowest BCUT2D eigenvalue weighted by Gasteiger charge is -2.19. The minimum Gasteiger partial charge on any atom is -0.444 e. The summed E-state index contributed by atoms with van der Waals surface area (Å²) in [6.45, 7) is 12.5. The van der Waals surface area contributed by atoms with Crippen molar-refractivity contribution in [3.8, 4) is 0 Å². The zero-order valence-electron chi connectivity index (χ0n) is 14.1. The molecular weight excluding hydrogens is 302 g/mol. The van der Waals surface area contributed by atoms with Gasteiger partial charge in [0.1, 0.15) is 10.5 Å². The first-order valence-electron chi connectivity index (χ1n) is 7.44. The number of amides is 2. The van der Waals surface area contributed by atoms with Gasteiger partial charge in [-0.05, 0) is 41.0 Å². The van der Waals surface area contributed by atoms with E-state index in [4.69, 9.17) is 4.74 Å². The number of carbonyl (C=O) groups excluding carboxylic acids is 2. The number of ether oxygens (including phenoxy) is 1. The predicted molar refractivity (Wildman–Crippen MR) is 88.6 cm³/mol. The van der Waals surface area contributed by atoms with Crippen LogP contribution in [0.5, 0.6) is 0 Å². The Morgan fingerprint density at radius 3 is 2.45 bits per heavy atom. The standard InChI is InChI=1S/C15H25N3O3S/c1-7-9-18(8-2)12(19)11-10(3)16-13(22-11)17-14(20)21-15(4,5)6/h7-9H2,1-6H3,(H,16,17,20). The minimum atomic E-state index is -0.574. The molecule has 0 spiro atoms. The third-order valence-electron chi connectivity index (χ3n) is 2.76. The highest BCUT2D eigenvalue weighted by Gasteiger charge is 2.22. The summed E-state index contributed by atoms with van der Waals surface area (Å²) in [5.74, 6) is -0.0448. The van der Waals surface area contributed by atoms with Gasteiger partial charge in [-0.3, -0.25) is 10.1 Å². The van der Waals surface area contributed by atoms with Crippen LogP contribution in [0.15, 0.2) is 0 Å². The van der Waals surface area contributed by atoms with Crippen LogP contribution in [0, 0.1) is 6.92 Å². The van der Waals surface area contributed by atoms with Gasteiger partial charge in [0.05, 0.1) is 5.69 Å². The van der Waals surface area contributed by atoms with E-state index in [1.165, 1.54) is 11.3 Å². The van der Waals surface area contributed by atoms with E-state index in [1.54, 1.807) is 32.6 Å². The highest BCUT2D eigenvalue weighted by Crippen LogP contribution is 2.24. The minimum absolute atomic E-state index is 0.0448. The lowest BCUT2D eigenvalue weighted by Crippen LogP contribution is -2.31. The summed E-state index contributed by atoms with van der Waals surface area (Å²) < 4.78 is 5.18. The number of rotatable bonds is 5. The average Bonchev–Trinajstić information content (AvgIpc) is 2.73. The summed E-state index contributed by atoms with van der Waals surface area (Å²) in [6, 6.07) is 0. The Morgan fingerprint density at radius 1 is 1.32 bits per heavy atom. The Hall–Kier alpha value is -1.63. The summed E-state index contributed by atoms with van der Waals surface area (Å²) in [4.78, 5) is 30.8. The summed E-state index contributed by atoms with van der Waals surface area (Å²) in [5.41, 5.74) is 0.0467. The number of aromatic nitrogens is 1. The Balaban J connectivity index is 2.83. The molecule has 0 bridgehead atoms. The first-order valence-corrected chi connectivity index (χ1v) is 8.26. The third-order valence-corrected chi connectivity index (χ3v) is 3.82. The van der Waals surface area contributed by atoms with Gasteiger partial charge in [-0.1, -0.05) is 18.3 Å². The van der Waals surface area contributed by atoms with Crippen LogP contribution in [-0.4, -0.2) is 40.6 Å². The molecule has 0 aliphatic heterocycles. The van der Waals surface area contributed by atoms with Crippen molar-refractivity contribution in [1.82, 2.24) is 9.88 Å². The molecule has 6 nitrogen and oxygen atoms in total. The van der Waals surface area contributed by atoms with E-state index in [0.29, 0.717) is 28.8 Å².